The molecule has 60 valence electrons. The summed E-state index contributed by atoms with van der Waals surface area (Å²) in [4.78, 5) is 22.0. The number of ether oxygens (including phenoxy) is 1. The van der Waals surface area contributed by atoms with Crippen molar-refractivity contribution in [1.82, 2.24) is 3.96 Å². The Labute approximate surface area is 67.2 Å². The van der Waals surface area contributed by atoms with E-state index in [1.54, 1.807) is 7.05 Å². The summed E-state index contributed by atoms with van der Waals surface area (Å²) in [6.45, 7) is 0. The Bertz CT molecular complexity index is 325. The SMILES string of the molecule is COC(=O)c1cc(=O)n(C)s1. The van der Waals surface area contributed by atoms with Crippen molar-refractivity contribution in [2.75, 3.05) is 7.11 Å². The maximum atomic E-state index is 10.8. The Balaban J connectivity index is 3.07. The molecule has 0 radical (unpaired) electrons. The molecule has 0 spiro atoms. The lowest BCUT2D eigenvalue weighted by Gasteiger charge is -1.90. The third-order valence-corrected chi connectivity index (χ3v) is 2.12. The Hall–Kier alpha value is -1.10. The van der Waals surface area contributed by atoms with Crippen LogP contribution in [0.3, 0.4) is 0 Å². The molecular formula is C6H7NO3S. The van der Waals surface area contributed by atoms with Gasteiger partial charge in [0.05, 0.1) is 7.11 Å². The van der Waals surface area contributed by atoms with Gasteiger partial charge in [0.1, 0.15) is 4.88 Å². The van der Waals surface area contributed by atoms with E-state index in [2.05, 4.69) is 4.74 Å². The predicted octanol–water partition coefficient (Wildman–Crippen LogP) is 0.233. The summed E-state index contributed by atoms with van der Waals surface area (Å²) in [6.07, 6.45) is 0. The zero-order valence-electron chi connectivity index (χ0n) is 6.16. The average molecular weight is 173 g/mol. The molecule has 0 bridgehead atoms. The van der Waals surface area contributed by atoms with Gasteiger partial charge in [-0.15, -0.1) is 0 Å². The minimum Gasteiger partial charge on any atom is -0.465 e. The molecule has 4 nitrogen and oxygen atoms in total. The van der Waals surface area contributed by atoms with E-state index in [4.69, 9.17) is 0 Å². The van der Waals surface area contributed by atoms with Crippen LogP contribution in [-0.2, 0) is 11.8 Å². The van der Waals surface area contributed by atoms with Gasteiger partial charge in [-0.25, -0.2) is 4.79 Å². The van der Waals surface area contributed by atoms with E-state index in [9.17, 15) is 9.59 Å². The summed E-state index contributed by atoms with van der Waals surface area (Å²) in [5.74, 6) is -0.465. The molecule has 0 aliphatic rings. The smallest absolute Gasteiger partial charge is 0.349 e. The zero-order chi connectivity index (χ0) is 8.43. The summed E-state index contributed by atoms with van der Waals surface area (Å²) in [5, 5.41) is 0. The van der Waals surface area contributed by atoms with Gasteiger partial charge in [-0.3, -0.25) is 8.75 Å². The summed E-state index contributed by atoms with van der Waals surface area (Å²) < 4.78 is 5.79. The molecule has 1 rings (SSSR count). The van der Waals surface area contributed by atoms with Crippen molar-refractivity contribution in [3.05, 3.63) is 21.3 Å². The summed E-state index contributed by atoms with van der Waals surface area (Å²) in [6, 6.07) is 1.26. The summed E-state index contributed by atoms with van der Waals surface area (Å²) >= 11 is 1.08. The minimum absolute atomic E-state index is 0.185. The van der Waals surface area contributed by atoms with Crippen molar-refractivity contribution < 1.29 is 9.53 Å². The zero-order valence-corrected chi connectivity index (χ0v) is 6.97. The van der Waals surface area contributed by atoms with E-state index < -0.39 is 5.97 Å². The van der Waals surface area contributed by atoms with Crippen LogP contribution in [0, 0.1) is 0 Å². The first-order valence-corrected chi connectivity index (χ1v) is 3.68. The Morgan fingerprint density at radius 1 is 1.73 bits per heavy atom. The first-order chi connectivity index (χ1) is 5.15. The fraction of sp³-hybridized carbons (Fsp3) is 0.333. The molecule has 0 N–H and O–H groups in total. The number of carbonyl (C=O) groups is 1. The lowest BCUT2D eigenvalue weighted by Crippen LogP contribution is -2.06. The van der Waals surface area contributed by atoms with Gasteiger partial charge in [0.15, 0.2) is 0 Å². The van der Waals surface area contributed by atoms with Gasteiger partial charge in [-0.05, 0) is 11.5 Å². The van der Waals surface area contributed by atoms with Crippen LogP contribution >= 0.6 is 11.5 Å². The number of rotatable bonds is 1. The molecule has 0 fully saturated rings. The van der Waals surface area contributed by atoms with Crippen molar-refractivity contribution in [3.63, 3.8) is 0 Å². The van der Waals surface area contributed by atoms with E-state index in [1.807, 2.05) is 0 Å². The number of aromatic nitrogens is 1. The van der Waals surface area contributed by atoms with Crippen molar-refractivity contribution in [1.29, 1.82) is 0 Å². The molecule has 0 amide bonds. The maximum Gasteiger partial charge on any atom is 0.349 e. The quantitative estimate of drug-likeness (QED) is 0.571. The predicted molar refractivity (Wildman–Crippen MR) is 40.9 cm³/mol. The van der Waals surface area contributed by atoms with Gasteiger partial charge in [0, 0.05) is 13.1 Å². The van der Waals surface area contributed by atoms with Crippen LogP contribution in [0.4, 0.5) is 0 Å². The molecule has 0 aromatic carbocycles. The molecule has 1 aromatic rings. The Morgan fingerprint density at radius 3 is 2.73 bits per heavy atom. The van der Waals surface area contributed by atoms with Crippen LogP contribution in [0.2, 0.25) is 0 Å². The first-order valence-electron chi connectivity index (χ1n) is 2.91. The maximum absolute atomic E-state index is 10.8. The standard InChI is InChI=1S/C6H7NO3S/c1-7-5(8)3-4(11-7)6(9)10-2/h3H,1-2H3. The first kappa shape index (κ1) is 8.00. The number of esters is 1. The van der Waals surface area contributed by atoms with Gasteiger partial charge in [0.25, 0.3) is 5.56 Å². The van der Waals surface area contributed by atoms with Gasteiger partial charge in [0.2, 0.25) is 0 Å². The highest BCUT2D eigenvalue weighted by Crippen LogP contribution is 2.04. The van der Waals surface area contributed by atoms with Gasteiger partial charge in [-0.1, -0.05) is 0 Å². The molecular weight excluding hydrogens is 166 g/mol. The number of carbonyl (C=O) groups excluding carboxylic acids is 1. The Kier molecular flexibility index (Phi) is 2.09. The highest BCUT2D eigenvalue weighted by atomic mass is 32.1. The van der Waals surface area contributed by atoms with E-state index in [1.165, 1.54) is 17.1 Å². The van der Waals surface area contributed by atoms with E-state index >= 15 is 0 Å². The van der Waals surface area contributed by atoms with Crippen LogP contribution < -0.4 is 5.56 Å². The van der Waals surface area contributed by atoms with Crippen LogP contribution in [0.15, 0.2) is 10.9 Å². The number of methoxy groups -OCH3 is 1. The second-order valence-electron chi connectivity index (χ2n) is 1.93. The normalized spacial score (nSPS) is 9.64. The highest BCUT2D eigenvalue weighted by molar-refractivity contribution is 7.08. The third kappa shape index (κ3) is 1.48. The van der Waals surface area contributed by atoms with Crippen molar-refractivity contribution >= 4 is 17.5 Å². The van der Waals surface area contributed by atoms with Crippen LogP contribution in [0.25, 0.3) is 0 Å². The molecule has 1 heterocycles. The van der Waals surface area contributed by atoms with Crippen LogP contribution in [0.1, 0.15) is 9.67 Å². The summed E-state index contributed by atoms with van der Waals surface area (Å²) in [7, 11) is 2.88. The highest BCUT2D eigenvalue weighted by Gasteiger charge is 2.09. The largest absolute Gasteiger partial charge is 0.465 e. The second-order valence-corrected chi connectivity index (χ2v) is 3.10. The lowest BCUT2D eigenvalue weighted by atomic mass is 10.5. The van der Waals surface area contributed by atoms with Crippen molar-refractivity contribution in [2.45, 2.75) is 0 Å². The fourth-order valence-corrected chi connectivity index (χ4v) is 1.37. The van der Waals surface area contributed by atoms with Crippen LogP contribution in [-0.4, -0.2) is 17.0 Å². The molecule has 0 saturated heterocycles. The monoisotopic (exact) mass is 173 g/mol. The van der Waals surface area contributed by atoms with Crippen molar-refractivity contribution in [3.8, 4) is 0 Å². The molecule has 0 aliphatic carbocycles. The minimum atomic E-state index is -0.465. The molecule has 0 aliphatic heterocycles. The molecule has 0 unspecified atom stereocenters. The number of nitrogens with zero attached hydrogens (tertiary/aromatic N) is 1. The average Bonchev–Trinajstić information content (AvgIpc) is 2.31. The van der Waals surface area contributed by atoms with E-state index in [-0.39, 0.29) is 5.56 Å². The van der Waals surface area contributed by atoms with Gasteiger partial charge >= 0.3 is 5.97 Å². The third-order valence-electron chi connectivity index (χ3n) is 1.19. The number of aryl methyl sites for hydroxylation is 1. The number of hydrogen-bond acceptors (Lipinski definition) is 4. The molecule has 0 saturated carbocycles. The lowest BCUT2D eigenvalue weighted by molar-refractivity contribution is 0.0606. The number of hydrogen-bond donors (Lipinski definition) is 0. The fourth-order valence-electron chi connectivity index (χ4n) is 0.619. The topological polar surface area (TPSA) is 48.3 Å². The Morgan fingerprint density at radius 2 is 2.36 bits per heavy atom. The van der Waals surface area contributed by atoms with Gasteiger partial charge < -0.3 is 4.74 Å². The molecule has 11 heavy (non-hydrogen) atoms. The van der Waals surface area contributed by atoms with Gasteiger partial charge in [-0.2, -0.15) is 0 Å². The van der Waals surface area contributed by atoms with Crippen LogP contribution in [0.5, 0.6) is 0 Å². The molecule has 0 atom stereocenters. The molecule has 5 heteroatoms. The van der Waals surface area contributed by atoms with E-state index in [0.29, 0.717) is 4.88 Å². The second kappa shape index (κ2) is 2.87. The van der Waals surface area contributed by atoms with Crippen molar-refractivity contribution in [2.24, 2.45) is 7.05 Å². The summed E-state index contributed by atoms with van der Waals surface area (Å²) in [5.41, 5.74) is -0.185. The van der Waals surface area contributed by atoms with E-state index in [0.717, 1.165) is 11.5 Å². The molecule has 1 aromatic heterocycles.